The molecule has 0 spiro atoms. The topological polar surface area (TPSA) is 28.7 Å². The van der Waals surface area contributed by atoms with Crippen molar-refractivity contribution in [2.24, 2.45) is 17.8 Å². The number of aromatic nitrogens is 2. The highest BCUT2D eigenvalue weighted by atomic mass is 16.0. The molecule has 0 atom stereocenters. The van der Waals surface area contributed by atoms with Crippen molar-refractivity contribution in [1.82, 2.24) is 10.2 Å². The van der Waals surface area contributed by atoms with E-state index in [2.05, 4.69) is 16.3 Å². The van der Waals surface area contributed by atoms with Gasteiger partial charge in [0, 0.05) is 17.3 Å². The second kappa shape index (κ2) is 2.66. The van der Waals surface area contributed by atoms with Crippen LogP contribution in [0.1, 0.15) is 44.2 Å². The van der Waals surface area contributed by atoms with Crippen LogP contribution in [-0.4, -0.2) is 10.2 Å². The Labute approximate surface area is 90.5 Å². The minimum Gasteiger partial charge on any atom is -0.282 e. The highest BCUT2D eigenvalue weighted by molar-refractivity contribution is 5.21. The summed E-state index contributed by atoms with van der Waals surface area (Å²) in [7, 11) is 0. The van der Waals surface area contributed by atoms with Crippen LogP contribution in [0.2, 0.25) is 0 Å². The molecule has 4 bridgehead atoms. The van der Waals surface area contributed by atoms with Crippen molar-refractivity contribution < 1.29 is 0 Å². The van der Waals surface area contributed by atoms with Crippen LogP contribution in [0.5, 0.6) is 0 Å². The first-order valence-corrected chi connectivity index (χ1v) is 6.34. The van der Waals surface area contributed by atoms with Crippen LogP contribution in [0.25, 0.3) is 0 Å². The van der Waals surface area contributed by atoms with E-state index >= 15 is 0 Å². The fraction of sp³-hybridized carbons (Fsp3) is 0.769. The van der Waals surface area contributed by atoms with Gasteiger partial charge in [0.1, 0.15) is 0 Å². The summed E-state index contributed by atoms with van der Waals surface area (Å²) in [5, 5.41) is 7.40. The summed E-state index contributed by atoms with van der Waals surface area (Å²) < 4.78 is 0. The Morgan fingerprint density at radius 1 is 1.07 bits per heavy atom. The van der Waals surface area contributed by atoms with Gasteiger partial charge in [-0.2, -0.15) is 5.10 Å². The predicted octanol–water partition coefficient (Wildman–Crippen LogP) is 2.88. The van der Waals surface area contributed by atoms with E-state index in [1.165, 1.54) is 44.2 Å². The van der Waals surface area contributed by atoms with Gasteiger partial charge >= 0.3 is 0 Å². The zero-order valence-electron chi connectivity index (χ0n) is 9.08. The SMILES string of the molecule is c1cc(C23CC4CC(CC(C4)C2)C3)[15nH][15n]1. The first kappa shape index (κ1) is 8.37. The Morgan fingerprint density at radius 3 is 2.13 bits per heavy atom. The lowest BCUT2D eigenvalue weighted by atomic mass is 9.49. The molecule has 80 valence electrons. The van der Waals surface area contributed by atoms with Crippen molar-refractivity contribution in [3.8, 4) is 0 Å². The van der Waals surface area contributed by atoms with Crippen LogP contribution in [0, 0.1) is 17.8 Å². The summed E-state index contributed by atoms with van der Waals surface area (Å²) >= 11 is 0. The summed E-state index contributed by atoms with van der Waals surface area (Å²) in [6, 6.07) is 2.22. The zero-order valence-corrected chi connectivity index (χ0v) is 9.08. The molecule has 1 aromatic heterocycles. The summed E-state index contributed by atoms with van der Waals surface area (Å²) in [4.78, 5) is 0. The Hall–Kier alpha value is -0.790. The van der Waals surface area contributed by atoms with E-state index in [1.54, 1.807) is 0 Å². The van der Waals surface area contributed by atoms with E-state index in [4.69, 9.17) is 0 Å². The second-order valence-electron chi connectivity index (χ2n) is 6.17. The lowest BCUT2D eigenvalue weighted by Gasteiger charge is -2.56. The van der Waals surface area contributed by atoms with Crippen molar-refractivity contribution in [2.45, 2.75) is 43.9 Å². The number of nitrogens with one attached hydrogen (secondary N) is 1. The molecule has 1 heterocycles. The van der Waals surface area contributed by atoms with Gasteiger partial charge in [-0.15, -0.1) is 0 Å². The summed E-state index contributed by atoms with van der Waals surface area (Å²) in [6.45, 7) is 0. The Kier molecular flexibility index (Phi) is 1.48. The molecule has 5 rings (SSSR count). The van der Waals surface area contributed by atoms with Gasteiger partial charge in [0.05, 0.1) is 0 Å². The lowest BCUT2D eigenvalue weighted by molar-refractivity contribution is -0.00721. The molecule has 0 unspecified atom stereocenters. The number of hydrogen-bond acceptors (Lipinski definition) is 1. The van der Waals surface area contributed by atoms with Crippen molar-refractivity contribution in [3.63, 3.8) is 0 Å². The Morgan fingerprint density at radius 2 is 1.67 bits per heavy atom. The van der Waals surface area contributed by atoms with E-state index in [0.717, 1.165) is 17.8 Å². The smallest absolute Gasteiger partial charge is 0.0490 e. The van der Waals surface area contributed by atoms with Gasteiger partial charge in [0.2, 0.25) is 0 Å². The summed E-state index contributed by atoms with van der Waals surface area (Å²) in [6.07, 6.45) is 10.8. The molecule has 4 aliphatic rings. The number of hydrogen-bond donors (Lipinski definition) is 1. The van der Waals surface area contributed by atoms with Crippen LogP contribution in [0.15, 0.2) is 12.3 Å². The van der Waals surface area contributed by atoms with Crippen LogP contribution < -0.4 is 0 Å². The molecule has 0 amide bonds. The molecular formula is C13H18N2. The lowest BCUT2D eigenvalue weighted by Crippen LogP contribution is -2.48. The standard InChI is InChI=1S/C13H18N2/c1-2-14-15-12(1)13-6-9-3-10(7-13)5-11(4-9)8-13/h1-2,9-11H,3-8H2,(H,14,15)/i14+1,15+1. The van der Waals surface area contributed by atoms with Crippen LogP contribution >= 0.6 is 0 Å². The fourth-order valence-corrected chi connectivity index (χ4v) is 4.99. The molecule has 4 fully saturated rings. The molecule has 4 saturated carbocycles. The van der Waals surface area contributed by atoms with Gasteiger partial charge in [0.15, 0.2) is 0 Å². The average molecular weight is 204 g/mol. The second-order valence-corrected chi connectivity index (χ2v) is 6.17. The van der Waals surface area contributed by atoms with Crippen LogP contribution in [0.3, 0.4) is 0 Å². The van der Waals surface area contributed by atoms with Gasteiger partial charge in [-0.3, -0.25) is 5.10 Å². The molecule has 0 aliphatic heterocycles. The van der Waals surface area contributed by atoms with Crippen molar-refractivity contribution in [1.29, 1.82) is 0 Å². The molecular weight excluding hydrogens is 186 g/mol. The van der Waals surface area contributed by atoms with Gasteiger partial charge in [-0.05, 0) is 62.3 Å². The maximum Gasteiger partial charge on any atom is 0.0490 e. The first-order valence-electron chi connectivity index (χ1n) is 6.34. The number of nitrogens with zero attached hydrogens (tertiary/aromatic N) is 1. The summed E-state index contributed by atoms with van der Waals surface area (Å²) in [5.41, 5.74) is 1.94. The van der Waals surface area contributed by atoms with Crippen molar-refractivity contribution >= 4 is 0 Å². The highest BCUT2D eigenvalue weighted by Gasteiger charge is 2.52. The maximum absolute atomic E-state index is 4.15. The third kappa shape index (κ3) is 1.08. The van der Waals surface area contributed by atoms with E-state index < -0.39 is 0 Å². The molecule has 2 heteroatoms. The predicted molar refractivity (Wildman–Crippen MR) is 58.4 cm³/mol. The molecule has 15 heavy (non-hydrogen) atoms. The third-order valence-corrected chi connectivity index (χ3v) is 5.11. The molecule has 0 radical (unpaired) electrons. The Balaban J connectivity index is 1.77. The van der Waals surface area contributed by atoms with Crippen LogP contribution in [-0.2, 0) is 5.41 Å². The first-order chi connectivity index (χ1) is 7.34. The molecule has 1 N–H and O–H groups in total. The normalized spacial score (nSPS) is 47.3. The van der Waals surface area contributed by atoms with Gasteiger partial charge < -0.3 is 0 Å². The molecule has 1 aromatic rings. The number of rotatable bonds is 1. The zero-order chi connectivity index (χ0) is 9.88. The number of aromatic amines is 1. The third-order valence-electron chi connectivity index (χ3n) is 5.11. The maximum atomic E-state index is 4.15. The van der Waals surface area contributed by atoms with Gasteiger partial charge in [-0.1, -0.05) is 0 Å². The van der Waals surface area contributed by atoms with E-state index in [1.807, 2.05) is 6.20 Å². The van der Waals surface area contributed by atoms with Crippen molar-refractivity contribution in [2.75, 3.05) is 0 Å². The van der Waals surface area contributed by atoms with E-state index in [0.29, 0.717) is 5.41 Å². The van der Waals surface area contributed by atoms with Gasteiger partial charge in [-0.25, -0.2) is 0 Å². The van der Waals surface area contributed by atoms with Crippen molar-refractivity contribution in [3.05, 3.63) is 18.0 Å². The molecule has 2 nitrogen and oxygen atoms in total. The molecule has 0 aromatic carbocycles. The van der Waals surface area contributed by atoms with Crippen LogP contribution in [0.4, 0.5) is 0 Å². The Bertz CT molecular complexity index is 331. The molecule has 0 saturated heterocycles. The monoisotopic (exact) mass is 204 g/mol. The number of H-pyrrole nitrogens is 1. The minimum absolute atomic E-state index is 0.505. The van der Waals surface area contributed by atoms with E-state index in [-0.39, 0.29) is 0 Å². The fourth-order valence-electron chi connectivity index (χ4n) is 4.99. The van der Waals surface area contributed by atoms with E-state index in [9.17, 15) is 0 Å². The minimum atomic E-state index is 0.505. The largest absolute Gasteiger partial charge is 0.282 e. The average Bonchev–Trinajstić information content (AvgIpc) is 2.67. The van der Waals surface area contributed by atoms with Gasteiger partial charge in [0.25, 0.3) is 0 Å². The summed E-state index contributed by atoms with van der Waals surface area (Å²) in [5.74, 6) is 3.08. The highest BCUT2D eigenvalue weighted by Crippen LogP contribution is 2.60. The quantitative estimate of drug-likeness (QED) is 0.748. The molecule has 4 aliphatic carbocycles.